The Hall–Kier alpha value is -1.59. The summed E-state index contributed by atoms with van der Waals surface area (Å²) in [6, 6.07) is 10.8. The fourth-order valence-corrected chi connectivity index (χ4v) is 3.69. The van der Waals surface area contributed by atoms with Gasteiger partial charge in [0.1, 0.15) is 0 Å². The molecule has 3 rings (SSSR count). The van der Waals surface area contributed by atoms with Crippen LogP contribution in [0.2, 0.25) is 0 Å². The molecule has 5 heteroatoms. The lowest BCUT2D eigenvalue weighted by molar-refractivity contribution is 0.0394. The fourth-order valence-electron chi connectivity index (χ4n) is 3.69. The van der Waals surface area contributed by atoms with Gasteiger partial charge in [-0.05, 0) is 31.2 Å². The lowest BCUT2D eigenvalue weighted by atomic mass is 9.99. The SMILES string of the molecule is CCNC(=NCCN1CCOCC1)N1CCC(Cc2ccccc2)C1. The van der Waals surface area contributed by atoms with Gasteiger partial charge in [0.25, 0.3) is 0 Å². The monoisotopic (exact) mass is 344 g/mol. The van der Waals surface area contributed by atoms with E-state index >= 15 is 0 Å². The zero-order valence-corrected chi connectivity index (χ0v) is 15.5. The molecule has 138 valence electrons. The Kier molecular flexibility index (Phi) is 7.12. The van der Waals surface area contributed by atoms with E-state index in [2.05, 4.69) is 52.4 Å². The number of nitrogens with one attached hydrogen (secondary N) is 1. The number of aliphatic imine (C=N–C) groups is 1. The van der Waals surface area contributed by atoms with Gasteiger partial charge in [-0.15, -0.1) is 0 Å². The number of morpholine rings is 1. The first-order valence-electron chi connectivity index (χ1n) is 9.72. The molecule has 1 atom stereocenters. The van der Waals surface area contributed by atoms with Crippen molar-refractivity contribution in [3.8, 4) is 0 Å². The van der Waals surface area contributed by atoms with Gasteiger partial charge in [-0.3, -0.25) is 9.89 Å². The Morgan fingerprint density at radius 3 is 2.76 bits per heavy atom. The van der Waals surface area contributed by atoms with Crippen molar-refractivity contribution in [2.45, 2.75) is 19.8 Å². The summed E-state index contributed by atoms with van der Waals surface area (Å²) in [6.45, 7) is 11.0. The zero-order chi connectivity index (χ0) is 17.3. The molecule has 25 heavy (non-hydrogen) atoms. The smallest absolute Gasteiger partial charge is 0.193 e. The second kappa shape index (κ2) is 9.78. The Morgan fingerprint density at radius 1 is 1.20 bits per heavy atom. The van der Waals surface area contributed by atoms with E-state index in [9.17, 15) is 0 Å². The normalized spacial score (nSPS) is 22.4. The molecule has 0 bridgehead atoms. The van der Waals surface area contributed by atoms with Crippen LogP contribution < -0.4 is 5.32 Å². The number of nitrogens with zero attached hydrogens (tertiary/aromatic N) is 3. The van der Waals surface area contributed by atoms with Crippen LogP contribution in [0.3, 0.4) is 0 Å². The van der Waals surface area contributed by atoms with Gasteiger partial charge in [-0.1, -0.05) is 30.3 Å². The standard InChI is InChI=1S/C20H32N4O/c1-2-21-20(22-9-11-23-12-14-25-15-13-23)24-10-8-19(17-24)16-18-6-4-3-5-7-18/h3-7,19H,2,8-17H2,1H3,(H,21,22). The lowest BCUT2D eigenvalue weighted by Gasteiger charge is -2.26. The molecule has 2 saturated heterocycles. The van der Waals surface area contributed by atoms with E-state index in [1.807, 2.05) is 0 Å². The number of benzene rings is 1. The van der Waals surface area contributed by atoms with Crippen LogP contribution in [0.25, 0.3) is 0 Å². The Labute approximate surface area is 152 Å². The first kappa shape index (κ1) is 18.2. The van der Waals surface area contributed by atoms with E-state index in [0.29, 0.717) is 0 Å². The minimum absolute atomic E-state index is 0.727. The molecule has 0 aliphatic carbocycles. The molecule has 0 saturated carbocycles. The number of ether oxygens (including phenoxy) is 1. The molecule has 1 N–H and O–H groups in total. The van der Waals surface area contributed by atoms with Gasteiger partial charge < -0.3 is 15.0 Å². The number of hydrogen-bond acceptors (Lipinski definition) is 3. The third-order valence-corrected chi connectivity index (χ3v) is 5.07. The van der Waals surface area contributed by atoms with Crippen molar-refractivity contribution in [2.24, 2.45) is 10.9 Å². The van der Waals surface area contributed by atoms with Crippen LogP contribution in [0.1, 0.15) is 18.9 Å². The maximum Gasteiger partial charge on any atom is 0.193 e. The molecule has 0 aromatic heterocycles. The van der Waals surface area contributed by atoms with Crippen LogP contribution in [0, 0.1) is 5.92 Å². The van der Waals surface area contributed by atoms with E-state index in [4.69, 9.17) is 9.73 Å². The molecule has 1 unspecified atom stereocenters. The zero-order valence-electron chi connectivity index (χ0n) is 15.5. The van der Waals surface area contributed by atoms with Gasteiger partial charge in [0.15, 0.2) is 5.96 Å². The average Bonchev–Trinajstić information content (AvgIpc) is 3.11. The van der Waals surface area contributed by atoms with E-state index in [1.165, 1.54) is 18.4 Å². The molecule has 0 spiro atoms. The van der Waals surface area contributed by atoms with E-state index in [-0.39, 0.29) is 0 Å². The number of hydrogen-bond donors (Lipinski definition) is 1. The van der Waals surface area contributed by atoms with Crippen molar-refractivity contribution >= 4 is 5.96 Å². The Balaban J connectivity index is 1.49. The maximum absolute atomic E-state index is 5.41. The maximum atomic E-state index is 5.41. The second-order valence-electron chi connectivity index (χ2n) is 6.98. The van der Waals surface area contributed by atoms with Crippen LogP contribution in [-0.4, -0.2) is 74.8 Å². The number of rotatable bonds is 6. The summed E-state index contributed by atoms with van der Waals surface area (Å²) in [5.74, 6) is 1.82. The average molecular weight is 345 g/mol. The third-order valence-electron chi connectivity index (χ3n) is 5.07. The molecule has 0 radical (unpaired) electrons. The fraction of sp³-hybridized carbons (Fsp3) is 0.650. The Morgan fingerprint density at radius 2 is 2.00 bits per heavy atom. The first-order valence-corrected chi connectivity index (χ1v) is 9.72. The summed E-state index contributed by atoms with van der Waals surface area (Å²) in [6.07, 6.45) is 2.42. The van der Waals surface area contributed by atoms with Gasteiger partial charge in [-0.25, -0.2) is 0 Å². The van der Waals surface area contributed by atoms with E-state index in [1.54, 1.807) is 0 Å². The molecule has 2 aliphatic heterocycles. The first-order chi connectivity index (χ1) is 12.3. The summed E-state index contributed by atoms with van der Waals surface area (Å²) in [4.78, 5) is 9.76. The molecule has 1 aromatic rings. The highest BCUT2D eigenvalue weighted by atomic mass is 16.5. The summed E-state index contributed by atoms with van der Waals surface area (Å²) in [5, 5.41) is 3.48. The summed E-state index contributed by atoms with van der Waals surface area (Å²) in [5.41, 5.74) is 1.45. The molecule has 2 aliphatic rings. The van der Waals surface area contributed by atoms with E-state index in [0.717, 1.165) is 70.9 Å². The topological polar surface area (TPSA) is 40.1 Å². The lowest BCUT2D eigenvalue weighted by Crippen LogP contribution is -2.41. The molecular weight excluding hydrogens is 312 g/mol. The highest BCUT2D eigenvalue weighted by Gasteiger charge is 2.25. The summed E-state index contributed by atoms with van der Waals surface area (Å²) < 4.78 is 5.41. The van der Waals surface area contributed by atoms with Crippen molar-refractivity contribution in [2.75, 3.05) is 59.0 Å². The highest BCUT2D eigenvalue weighted by molar-refractivity contribution is 5.80. The summed E-state index contributed by atoms with van der Waals surface area (Å²) >= 11 is 0. The molecule has 2 heterocycles. The molecular formula is C20H32N4O. The minimum Gasteiger partial charge on any atom is -0.379 e. The van der Waals surface area contributed by atoms with E-state index < -0.39 is 0 Å². The highest BCUT2D eigenvalue weighted by Crippen LogP contribution is 2.20. The predicted octanol–water partition coefficient (Wildman–Crippen LogP) is 1.85. The van der Waals surface area contributed by atoms with Crippen LogP contribution in [0.4, 0.5) is 0 Å². The van der Waals surface area contributed by atoms with Crippen molar-refractivity contribution in [1.29, 1.82) is 0 Å². The van der Waals surface area contributed by atoms with Crippen molar-refractivity contribution in [3.05, 3.63) is 35.9 Å². The van der Waals surface area contributed by atoms with Crippen molar-refractivity contribution in [3.63, 3.8) is 0 Å². The van der Waals surface area contributed by atoms with Gasteiger partial charge in [-0.2, -0.15) is 0 Å². The van der Waals surface area contributed by atoms with Crippen LogP contribution >= 0.6 is 0 Å². The van der Waals surface area contributed by atoms with Gasteiger partial charge >= 0.3 is 0 Å². The number of guanidine groups is 1. The molecule has 5 nitrogen and oxygen atoms in total. The third kappa shape index (κ3) is 5.72. The largest absolute Gasteiger partial charge is 0.379 e. The second-order valence-corrected chi connectivity index (χ2v) is 6.98. The van der Waals surface area contributed by atoms with Gasteiger partial charge in [0.2, 0.25) is 0 Å². The Bertz CT molecular complexity index is 528. The van der Waals surface area contributed by atoms with Crippen molar-refractivity contribution < 1.29 is 4.74 Å². The predicted molar refractivity (Wildman–Crippen MR) is 103 cm³/mol. The minimum atomic E-state index is 0.727. The number of likely N-dealkylation sites (tertiary alicyclic amines) is 1. The molecule has 2 fully saturated rings. The van der Waals surface area contributed by atoms with Gasteiger partial charge in [0, 0.05) is 39.3 Å². The summed E-state index contributed by atoms with van der Waals surface area (Å²) in [7, 11) is 0. The van der Waals surface area contributed by atoms with Crippen molar-refractivity contribution in [1.82, 2.24) is 15.1 Å². The quantitative estimate of drug-likeness (QED) is 0.632. The molecule has 1 aromatic carbocycles. The molecule has 0 amide bonds. The van der Waals surface area contributed by atoms with Crippen LogP contribution in [-0.2, 0) is 11.2 Å². The van der Waals surface area contributed by atoms with Crippen LogP contribution in [0.5, 0.6) is 0 Å². The van der Waals surface area contributed by atoms with Gasteiger partial charge in [0.05, 0.1) is 19.8 Å². The van der Waals surface area contributed by atoms with Crippen LogP contribution in [0.15, 0.2) is 35.3 Å².